The van der Waals surface area contributed by atoms with E-state index in [1.54, 1.807) is 44.2 Å². The van der Waals surface area contributed by atoms with Crippen molar-refractivity contribution in [2.24, 2.45) is 5.92 Å². The number of ether oxygens (including phenoxy) is 2. The van der Waals surface area contributed by atoms with Gasteiger partial charge in [-0.15, -0.1) is 0 Å². The predicted octanol–water partition coefficient (Wildman–Crippen LogP) is 2.76. The van der Waals surface area contributed by atoms with Crippen molar-refractivity contribution in [3.8, 4) is 0 Å². The largest absolute Gasteiger partial charge is 0.391 e. The van der Waals surface area contributed by atoms with E-state index in [4.69, 9.17) is 9.47 Å². The number of nitrogens with one attached hydrogen (secondary N) is 2. The average molecular weight is 571 g/mol. The normalized spacial score (nSPS) is 14.0. The van der Waals surface area contributed by atoms with Crippen LogP contribution < -0.4 is 10.6 Å². The van der Waals surface area contributed by atoms with E-state index < -0.39 is 41.7 Å². The first kappa shape index (κ1) is 32.0. The molecule has 0 aliphatic carbocycles. The topological polar surface area (TPSA) is 143 Å². The second-order valence-corrected chi connectivity index (χ2v) is 10.7. The van der Waals surface area contributed by atoms with Crippen molar-refractivity contribution in [1.82, 2.24) is 20.6 Å². The van der Waals surface area contributed by atoms with Gasteiger partial charge in [-0.05, 0) is 69.4 Å². The molecule has 222 valence electrons. The van der Waals surface area contributed by atoms with E-state index >= 15 is 0 Å². The molecule has 10 nitrogen and oxygen atoms in total. The number of fused-ring (bicyclic) bond motifs is 1. The maximum absolute atomic E-state index is 14.0. The zero-order valence-electron chi connectivity index (χ0n) is 23.8. The number of para-hydroxylation sites is 2. The van der Waals surface area contributed by atoms with Crippen molar-refractivity contribution < 1.29 is 33.7 Å². The van der Waals surface area contributed by atoms with E-state index in [-0.39, 0.29) is 37.4 Å². The Kier molecular flexibility index (Phi) is 11.7. The smallest absolute Gasteiger partial charge is 0.271 e. The minimum absolute atomic E-state index is 0.0315. The number of aliphatic hydroxyl groups excluding tert-OH is 1. The van der Waals surface area contributed by atoms with Crippen LogP contribution in [0.2, 0.25) is 0 Å². The molecule has 0 radical (unpaired) electrons. The number of carbonyl (C=O) groups excluding carboxylic acids is 2. The van der Waals surface area contributed by atoms with Crippen LogP contribution in [0.3, 0.4) is 0 Å². The van der Waals surface area contributed by atoms with Gasteiger partial charge in [-0.2, -0.15) is 0 Å². The molecule has 3 aromatic rings. The Balaban J connectivity index is 1.82. The van der Waals surface area contributed by atoms with Gasteiger partial charge in [0.15, 0.2) is 6.29 Å². The Bertz CT molecular complexity index is 1300. The highest BCUT2D eigenvalue weighted by Gasteiger charge is 2.30. The lowest BCUT2D eigenvalue weighted by Gasteiger charge is -2.29. The zero-order chi connectivity index (χ0) is 30.0. The first-order valence-corrected chi connectivity index (χ1v) is 13.5. The highest BCUT2D eigenvalue weighted by atomic mass is 19.1. The van der Waals surface area contributed by atoms with Crippen LogP contribution in [-0.4, -0.2) is 76.8 Å². The van der Waals surface area contributed by atoms with E-state index in [1.807, 2.05) is 6.07 Å². The van der Waals surface area contributed by atoms with Gasteiger partial charge in [-0.3, -0.25) is 14.6 Å². The fourth-order valence-corrected chi connectivity index (χ4v) is 4.44. The molecule has 0 saturated carbocycles. The Labute approximate surface area is 239 Å². The summed E-state index contributed by atoms with van der Waals surface area (Å²) in [6.07, 6.45) is 0.134. The number of benzene rings is 2. The fraction of sp³-hybridized carbons (Fsp3) is 0.467. The summed E-state index contributed by atoms with van der Waals surface area (Å²) in [7, 11) is 2.91. The molecule has 41 heavy (non-hydrogen) atoms. The molecule has 3 atom stereocenters. The van der Waals surface area contributed by atoms with Gasteiger partial charge in [-0.25, -0.2) is 9.37 Å². The lowest BCUT2D eigenvalue weighted by atomic mass is 9.87. The number of methoxy groups -OCH3 is 2. The molecule has 0 aliphatic rings. The van der Waals surface area contributed by atoms with Crippen LogP contribution in [-0.2, 0) is 20.7 Å². The number of rotatable bonds is 15. The Morgan fingerprint density at radius 2 is 1.78 bits per heavy atom. The van der Waals surface area contributed by atoms with Crippen LogP contribution in [0.25, 0.3) is 11.0 Å². The molecule has 0 aliphatic heterocycles. The Hall–Kier alpha value is -3.51. The monoisotopic (exact) mass is 570 g/mol. The Morgan fingerprint density at radius 1 is 1.07 bits per heavy atom. The summed E-state index contributed by atoms with van der Waals surface area (Å²) in [6.45, 7) is 3.37. The van der Waals surface area contributed by atoms with Crippen LogP contribution in [0.15, 0.2) is 54.7 Å². The van der Waals surface area contributed by atoms with Gasteiger partial charge >= 0.3 is 0 Å². The third-order valence-electron chi connectivity index (χ3n) is 6.78. The summed E-state index contributed by atoms with van der Waals surface area (Å²) in [4.78, 5) is 35.1. The molecular formula is C30H39FN4O6. The number of hydrogen-bond donors (Lipinski definition) is 4. The maximum Gasteiger partial charge on any atom is 0.271 e. The first-order valence-electron chi connectivity index (χ1n) is 13.5. The standard InChI is InChI=1S/C30H39FN4O6/c1-30(2,39)13-12-20(28(37)33-18-27(40-3)41-4)16-26(36)24(15-19-8-7-9-21(31)14-19)35-29(38)25-17-32-22-10-5-6-11-23(22)34-25/h5-11,14,17,20,24,26-27,36,39H,12-13,15-16,18H2,1-4H3,(H,33,37)(H,35,38). The number of hydrogen-bond acceptors (Lipinski definition) is 8. The number of aromatic nitrogens is 2. The van der Waals surface area contributed by atoms with Crippen LogP contribution in [0.5, 0.6) is 0 Å². The first-order chi connectivity index (χ1) is 19.5. The van der Waals surface area contributed by atoms with Gasteiger partial charge in [0.25, 0.3) is 5.91 Å². The van der Waals surface area contributed by atoms with E-state index in [0.29, 0.717) is 23.0 Å². The summed E-state index contributed by atoms with van der Waals surface area (Å²) in [5.74, 6) is -2.08. The minimum Gasteiger partial charge on any atom is -0.391 e. The van der Waals surface area contributed by atoms with Crippen molar-refractivity contribution in [2.75, 3.05) is 20.8 Å². The molecule has 3 unspecified atom stereocenters. The number of carbonyl (C=O) groups is 2. The third kappa shape index (κ3) is 10.1. The summed E-state index contributed by atoms with van der Waals surface area (Å²) in [5.41, 5.74) is 0.747. The van der Waals surface area contributed by atoms with Gasteiger partial charge in [0, 0.05) is 20.1 Å². The predicted molar refractivity (Wildman–Crippen MR) is 151 cm³/mol. The van der Waals surface area contributed by atoms with E-state index in [1.165, 1.54) is 32.5 Å². The quantitative estimate of drug-likeness (QED) is 0.204. The molecular weight excluding hydrogens is 531 g/mol. The number of nitrogens with zero attached hydrogens (tertiary/aromatic N) is 2. The number of aliphatic hydroxyl groups is 2. The van der Waals surface area contributed by atoms with Gasteiger partial charge in [0.2, 0.25) is 5.91 Å². The highest BCUT2D eigenvalue weighted by Crippen LogP contribution is 2.23. The van der Waals surface area contributed by atoms with Crippen molar-refractivity contribution in [2.45, 2.75) is 63.6 Å². The fourth-order valence-electron chi connectivity index (χ4n) is 4.44. The van der Waals surface area contributed by atoms with Crippen LogP contribution in [0.1, 0.15) is 49.2 Å². The molecule has 0 bridgehead atoms. The molecule has 4 N–H and O–H groups in total. The summed E-state index contributed by atoms with van der Waals surface area (Å²) in [6, 6.07) is 12.1. The summed E-state index contributed by atoms with van der Waals surface area (Å²) in [5, 5.41) is 27.3. The molecule has 3 rings (SSSR count). The molecule has 2 amide bonds. The van der Waals surface area contributed by atoms with E-state index in [2.05, 4.69) is 20.6 Å². The molecule has 1 heterocycles. The lowest BCUT2D eigenvalue weighted by Crippen LogP contribution is -2.47. The van der Waals surface area contributed by atoms with Crippen LogP contribution in [0, 0.1) is 11.7 Å². The summed E-state index contributed by atoms with van der Waals surface area (Å²) >= 11 is 0. The summed E-state index contributed by atoms with van der Waals surface area (Å²) < 4.78 is 24.2. The van der Waals surface area contributed by atoms with Crippen molar-refractivity contribution in [3.05, 3.63) is 71.8 Å². The van der Waals surface area contributed by atoms with Gasteiger partial charge in [0.05, 0.1) is 41.5 Å². The SMILES string of the molecule is COC(CNC(=O)C(CCC(C)(C)O)CC(O)C(Cc1cccc(F)c1)NC(=O)c1cnc2ccccc2n1)OC. The maximum atomic E-state index is 14.0. The molecule has 0 spiro atoms. The van der Waals surface area contributed by atoms with Gasteiger partial charge < -0.3 is 30.3 Å². The lowest BCUT2D eigenvalue weighted by molar-refractivity contribution is -0.132. The van der Waals surface area contributed by atoms with Crippen molar-refractivity contribution >= 4 is 22.8 Å². The molecule has 0 fully saturated rings. The number of amides is 2. The van der Waals surface area contributed by atoms with E-state index in [9.17, 15) is 24.2 Å². The van der Waals surface area contributed by atoms with Crippen molar-refractivity contribution in [3.63, 3.8) is 0 Å². The number of halogens is 1. The zero-order valence-corrected chi connectivity index (χ0v) is 23.8. The molecule has 2 aromatic carbocycles. The molecule has 1 aromatic heterocycles. The molecule has 11 heteroatoms. The molecule has 0 saturated heterocycles. The Morgan fingerprint density at radius 3 is 2.44 bits per heavy atom. The van der Waals surface area contributed by atoms with Crippen LogP contribution in [0.4, 0.5) is 4.39 Å². The third-order valence-corrected chi connectivity index (χ3v) is 6.78. The second-order valence-electron chi connectivity index (χ2n) is 10.7. The second kappa shape index (κ2) is 14.9. The van der Waals surface area contributed by atoms with Crippen molar-refractivity contribution in [1.29, 1.82) is 0 Å². The van der Waals surface area contributed by atoms with Gasteiger partial charge in [-0.1, -0.05) is 24.3 Å². The van der Waals surface area contributed by atoms with Gasteiger partial charge in [0.1, 0.15) is 11.5 Å². The van der Waals surface area contributed by atoms with E-state index in [0.717, 1.165) is 0 Å². The minimum atomic E-state index is -1.20. The van der Waals surface area contributed by atoms with Crippen LogP contribution >= 0.6 is 0 Å². The highest BCUT2D eigenvalue weighted by molar-refractivity contribution is 5.94. The average Bonchev–Trinajstić information content (AvgIpc) is 2.94.